The summed E-state index contributed by atoms with van der Waals surface area (Å²) in [5.74, 6) is -2.63. The SMILES string of the molecule is Cc1cc(C)cc(C2=C(c3cc(F)c(S(C)(=O)=O)cc3F)COC2=O)c1. The lowest BCUT2D eigenvalue weighted by molar-refractivity contribution is -0.133. The highest BCUT2D eigenvalue weighted by Gasteiger charge is 2.30. The minimum absolute atomic E-state index is 0.155. The van der Waals surface area contributed by atoms with Gasteiger partial charge in [0.05, 0.1) is 5.57 Å². The first-order valence-electron chi connectivity index (χ1n) is 7.76. The van der Waals surface area contributed by atoms with Gasteiger partial charge in [0.25, 0.3) is 0 Å². The lowest BCUT2D eigenvalue weighted by Gasteiger charge is -2.10. The normalized spacial score (nSPS) is 14.7. The molecular formula is C19H16F2O4S. The molecule has 0 aromatic heterocycles. The quantitative estimate of drug-likeness (QED) is 0.768. The van der Waals surface area contributed by atoms with E-state index < -0.39 is 32.3 Å². The van der Waals surface area contributed by atoms with Gasteiger partial charge in [-0.2, -0.15) is 0 Å². The van der Waals surface area contributed by atoms with E-state index in [0.717, 1.165) is 23.4 Å². The second kappa shape index (κ2) is 6.32. The van der Waals surface area contributed by atoms with E-state index in [4.69, 9.17) is 4.74 Å². The van der Waals surface area contributed by atoms with Gasteiger partial charge in [0.15, 0.2) is 9.84 Å². The molecule has 1 heterocycles. The van der Waals surface area contributed by atoms with E-state index in [1.807, 2.05) is 19.9 Å². The molecule has 0 atom stereocenters. The number of rotatable bonds is 3. The number of carbonyl (C=O) groups excluding carboxylic acids is 1. The molecule has 1 aliphatic heterocycles. The predicted octanol–water partition coefficient (Wildman–Crippen LogP) is 3.45. The van der Waals surface area contributed by atoms with Gasteiger partial charge >= 0.3 is 5.97 Å². The van der Waals surface area contributed by atoms with Crippen LogP contribution in [0.2, 0.25) is 0 Å². The van der Waals surface area contributed by atoms with Gasteiger partial charge in [-0.1, -0.05) is 29.3 Å². The Bertz CT molecular complexity index is 1050. The standard InChI is InChI=1S/C19H16F2O4S/c1-10-4-11(2)6-12(5-10)18-14(9-25-19(18)22)13-7-16(21)17(8-15(13)20)26(3,23)24/h4-8H,9H2,1-3H3. The Labute approximate surface area is 150 Å². The van der Waals surface area contributed by atoms with Crippen LogP contribution in [0.1, 0.15) is 22.3 Å². The van der Waals surface area contributed by atoms with Crippen LogP contribution in [0.15, 0.2) is 35.2 Å². The monoisotopic (exact) mass is 378 g/mol. The number of ether oxygens (including phenoxy) is 1. The largest absolute Gasteiger partial charge is 0.457 e. The third-order valence-electron chi connectivity index (χ3n) is 4.11. The Morgan fingerprint density at radius 3 is 2.15 bits per heavy atom. The average molecular weight is 378 g/mol. The Morgan fingerprint density at radius 2 is 1.58 bits per heavy atom. The van der Waals surface area contributed by atoms with Gasteiger partial charge in [0.2, 0.25) is 0 Å². The summed E-state index contributed by atoms with van der Waals surface area (Å²) in [4.78, 5) is 11.5. The second-order valence-corrected chi connectivity index (χ2v) is 8.32. The van der Waals surface area contributed by atoms with E-state index in [1.165, 1.54) is 0 Å². The number of carbonyl (C=O) groups is 1. The molecule has 0 N–H and O–H groups in total. The van der Waals surface area contributed by atoms with Crippen molar-refractivity contribution in [2.24, 2.45) is 0 Å². The second-order valence-electron chi connectivity index (χ2n) is 6.34. The molecule has 0 fully saturated rings. The molecular weight excluding hydrogens is 362 g/mol. The average Bonchev–Trinajstić information content (AvgIpc) is 2.88. The highest BCUT2D eigenvalue weighted by Crippen LogP contribution is 2.36. The maximum absolute atomic E-state index is 14.6. The fraction of sp³-hybridized carbons (Fsp3) is 0.211. The third-order valence-corrected chi connectivity index (χ3v) is 5.22. The highest BCUT2D eigenvalue weighted by atomic mass is 32.2. The number of halogens is 2. The van der Waals surface area contributed by atoms with E-state index in [-0.39, 0.29) is 23.3 Å². The van der Waals surface area contributed by atoms with Gasteiger partial charge in [-0.25, -0.2) is 22.0 Å². The van der Waals surface area contributed by atoms with Crippen molar-refractivity contribution < 1.29 is 26.7 Å². The molecule has 0 aliphatic carbocycles. The van der Waals surface area contributed by atoms with Crippen molar-refractivity contribution in [3.05, 3.63) is 64.2 Å². The van der Waals surface area contributed by atoms with Crippen molar-refractivity contribution in [1.29, 1.82) is 0 Å². The van der Waals surface area contributed by atoms with E-state index in [0.29, 0.717) is 11.6 Å². The van der Waals surface area contributed by atoms with Crippen molar-refractivity contribution in [2.45, 2.75) is 18.7 Å². The molecule has 0 saturated heterocycles. The summed E-state index contributed by atoms with van der Waals surface area (Å²) in [6.07, 6.45) is 0.799. The van der Waals surface area contributed by atoms with Gasteiger partial charge in [-0.3, -0.25) is 0 Å². The number of benzene rings is 2. The lowest BCUT2D eigenvalue weighted by Crippen LogP contribution is -2.05. The summed E-state index contributed by atoms with van der Waals surface area (Å²) >= 11 is 0. The zero-order valence-corrected chi connectivity index (χ0v) is 15.2. The lowest BCUT2D eigenvalue weighted by atomic mass is 9.94. The summed E-state index contributed by atoms with van der Waals surface area (Å²) in [6, 6.07) is 6.87. The number of sulfone groups is 1. The summed E-state index contributed by atoms with van der Waals surface area (Å²) < 4.78 is 56.9. The van der Waals surface area contributed by atoms with Crippen LogP contribution in [0.3, 0.4) is 0 Å². The first-order chi connectivity index (χ1) is 12.1. The molecule has 2 aromatic carbocycles. The first-order valence-corrected chi connectivity index (χ1v) is 9.65. The maximum Gasteiger partial charge on any atom is 0.339 e. The zero-order valence-electron chi connectivity index (χ0n) is 14.4. The topological polar surface area (TPSA) is 60.4 Å². The number of hydrogen-bond acceptors (Lipinski definition) is 4. The number of hydrogen-bond donors (Lipinski definition) is 0. The van der Waals surface area contributed by atoms with Gasteiger partial charge in [0.1, 0.15) is 23.1 Å². The fourth-order valence-corrected chi connectivity index (χ4v) is 3.80. The van der Waals surface area contributed by atoms with Crippen LogP contribution in [-0.4, -0.2) is 27.2 Å². The van der Waals surface area contributed by atoms with Crippen molar-refractivity contribution in [3.8, 4) is 0 Å². The molecule has 0 spiro atoms. The number of aryl methyl sites for hydroxylation is 2. The van der Waals surface area contributed by atoms with Crippen molar-refractivity contribution in [3.63, 3.8) is 0 Å². The van der Waals surface area contributed by atoms with E-state index >= 15 is 0 Å². The molecule has 0 amide bonds. The first kappa shape index (κ1) is 18.3. The molecule has 0 unspecified atom stereocenters. The van der Waals surface area contributed by atoms with E-state index in [1.54, 1.807) is 12.1 Å². The summed E-state index contributed by atoms with van der Waals surface area (Å²) in [5.41, 5.74) is 2.52. The van der Waals surface area contributed by atoms with Crippen LogP contribution in [0.5, 0.6) is 0 Å². The van der Waals surface area contributed by atoms with Gasteiger partial charge < -0.3 is 4.74 Å². The van der Waals surface area contributed by atoms with Gasteiger partial charge in [-0.05, 0) is 31.5 Å². The molecule has 136 valence electrons. The Hall–Kier alpha value is -2.54. The van der Waals surface area contributed by atoms with Crippen molar-refractivity contribution in [1.82, 2.24) is 0 Å². The molecule has 26 heavy (non-hydrogen) atoms. The fourth-order valence-electron chi connectivity index (χ4n) is 3.07. The molecule has 3 rings (SSSR count). The minimum atomic E-state index is -3.91. The molecule has 1 aliphatic rings. The van der Waals surface area contributed by atoms with Crippen LogP contribution >= 0.6 is 0 Å². The van der Waals surface area contributed by atoms with E-state index in [2.05, 4.69) is 0 Å². The smallest absolute Gasteiger partial charge is 0.339 e. The number of cyclic esters (lactones) is 1. The Kier molecular flexibility index (Phi) is 4.44. The van der Waals surface area contributed by atoms with Crippen LogP contribution in [0, 0.1) is 25.5 Å². The van der Waals surface area contributed by atoms with Gasteiger partial charge in [0, 0.05) is 17.4 Å². The summed E-state index contributed by atoms with van der Waals surface area (Å²) in [7, 11) is -3.91. The van der Waals surface area contributed by atoms with Crippen LogP contribution in [-0.2, 0) is 19.4 Å². The minimum Gasteiger partial charge on any atom is -0.457 e. The summed E-state index contributed by atoms with van der Waals surface area (Å²) in [6.45, 7) is 3.51. The third kappa shape index (κ3) is 3.26. The summed E-state index contributed by atoms with van der Waals surface area (Å²) in [5, 5.41) is 0. The zero-order chi connectivity index (χ0) is 19.2. The molecule has 4 nitrogen and oxygen atoms in total. The maximum atomic E-state index is 14.6. The number of esters is 1. The van der Waals surface area contributed by atoms with Crippen molar-refractivity contribution >= 4 is 27.0 Å². The van der Waals surface area contributed by atoms with Gasteiger partial charge in [-0.15, -0.1) is 0 Å². The predicted molar refractivity (Wildman–Crippen MR) is 93.2 cm³/mol. The molecule has 0 saturated carbocycles. The molecule has 7 heteroatoms. The van der Waals surface area contributed by atoms with Crippen LogP contribution in [0.25, 0.3) is 11.1 Å². The Morgan fingerprint density at radius 1 is 0.962 bits per heavy atom. The highest BCUT2D eigenvalue weighted by molar-refractivity contribution is 7.90. The van der Waals surface area contributed by atoms with E-state index in [9.17, 15) is 22.0 Å². The van der Waals surface area contributed by atoms with Crippen LogP contribution in [0.4, 0.5) is 8.78 Å². The molecule has 0 radical (unpaired) electrons. The van der Waals surface area contributed by atoms with Crippen molar-refractivity contribution in [2.75, 3.05) is 12.9 Å². The van der Waals surface area contributed by atoms with Crippen LogP contribution < -0.4 is 0 Å². The molecule has 0 bridgehead atoms. The molecule has 2 aromatic rings. The Balaban J connectivity index is 2.25.